The van der Waals surface area contributed by atoms with Crippen molar-refractivity contribution in [3.8, 4) is 0 Å². The van der Waals surface area contributed by atoms with Crippen LogP contribution in [0.15, 0.2) is 18.2 Å². The summed E-state index contributed by atoms with van der Waals surface area (Å²) in [5, 5.41) is 0. The molecule has 1 aromatic carbocycles. The van der Waals surface area contributed by atoms with Crippen molar-refractivity contribution in [1.82, 2.24) is 0 Å². The van der Waals surface area contributed by atoms with E-state index >= 15 is 0 Å². The Hall–Kier alpha value is -0.580. The molecule has 1 rings (SSSR count). The Morgan fingerprint density at radius 2 is 1.93 bits per heavy atom. The number of hydrogen-bond acceptors (Lipinski definition) is 0. The van der Waals surface area contributed by atoms with Gasteiger partial charge in [-0.3, -0.25) is 0 Å². The molecule has 15 heavy (non-hydrogen) atoms. The third-order valence-corrected chi connectivity index (χ3v) is 2.20. The van der Waals surface area contributed by atoms with Crippen LogP contribution in [0.4, 0.5) is 17.6 Å². The first-order valence-corrected chi connectivity index (χ1v) is 5.22. The van der Waals surface area contributed by atoms with Crippen molar-refractivity contribution in [3.05, 3.63) is 35.1 Å². The fourth-order valence-electron chi connectivity index (χ4n) is 1.21. The highest BCUT2D eigenvalue weighted by Gasteiger charge is 2.31. The minimum Gasteiger partial charge on any atom is -0.207 e. The molecule has 0 spiro atoms. The van der Waals surface area contributed by atoms with Crippen molar-refractivity contribution in [2.24, 2.45) is 0 Å². The molecule has 0 nitrogen and oxygen atoms in total. The first-order valence-electron chi connectivity index (χ1n) is 4.30. The Morgan fingerprint density at radius 3 is 2.40 bits per heavy atom. The molecule has 0 aromatic heterocycles. The van der Waals surface area contributed by atoms with Crippen molar-refractivity contribution in [2.45, 2.75) is 24.3 Å². The lowest BCUT2D eigenvalue weighted by atomic mass is 10.1. The molecule has 0 fully saturated rings. The molecule has 0 saturated carbocycles. The van der Waals surface area contributed by atoms with Gasteiger partial charge in [0.2, 0.25) is 0 Å². The Balaban J connectivity index is 3.06. The highest BCUT2D eigenvalue weighted by molar-refractivity contribution is 9.09. The minimum absolute atomic E-state index is 0.0597. The molecule has 0 aliphatic rings. The zero-order chi connectivity index (χ0) is 11.6. The number of rotatable bonds is 2. The first-order chi connectivity index (χ1) is 6.80. The standard InChI is InChI=1S/C10H9BrF4/c1-6(11)4-7-5-8(10(13,14)15)2-3-9(7)12/h2-3,5-6H,4H2,1H3. The summed E-state index contributed by atoms with van der Waals surface area (Å²) in [6.45, 7) is 1.75. The molecule has 1 aromatic rings. The van der Waals surface area contributed by atoms with E-state index in [1.165, 1.54) is 0 Å². The molecule has 0 bridgehead atoms. The molecule has 0 aliphatic heterocycles. The van der Waals surface area contributed by atoms with Gasteiger partial charge in [-0.05, 0) is 30.2 Å². The molecule has 1 unspecified atom stereocenters. The van der Waals surface area contributed by atoms with Crippen LogP contribution in [0.5, 0.6) is 0 Å². The molecular formula is C10H9BrF4. The van der Waals surface area contributed by atoms with Gasteiger partial charge in [0, 0.05) is 4.83 Å². The van der Waals surface area contributed by atoms with Crippen molar-refractivity contribution in [1.29, 1.82) is 0 Å². The van der Waals surface area contributed by atoms with Gasteiger partial charge in [0.25, 0.3) is 0 Å². The van der Waals surface area contributed by atoms with Gasteiger partial charge in [0.15, 0.2) is 0 Å². The van der Waals surface area contributed by atoms with E-state index in [1.807, 2.05) is 0 Å². The van der Waals surface area contributed by atoms with Crippen LogP contribution in [0.25, 0.3) is 0 Å². The Morgan fingerprint density at radius 1 is 1.33 bits per heavy atom. The lowest BCUT2D eigenvalue weighted by Gasteiger charge is -2.10. The predicted molar refractivity (Wildman–Crippen MR) is 53.5 cm³/mol. The SMILES string of the molecule is CC(Br)Cc1cc(C(F)(F)F)ccc1F. The summed E-state index contributed by atoms with van der Waals surface area (Å²) in [6, 6.07) is 2.46. The number of alkyl halides is 4. The highest BCUT2D eigenvalue weighted by Crippen LogP contribution is 2.30. The quantitative estimate of drug-likeness (QED) is 0.565. The van der Waals surface area contributed by atoms with E-state index in [-0.39, 0.29) is 16.8 Å². The second kappa shape index (κ2) is 4.51. The molecule has 0 saturated heterocycles. The smallest absolute Gasteiger partial charge is 0.207 e. The van der Waals surface area contributed by atoms with Crippen LogP contribution in [-0.4, -0.2) is 4.83 Å². The van der Waals surface area contributed by atoms with E-state index in [2.05, 4.69) is 15.9 Å². The van der Waals surface area contributed by atoms with Gasteiger partial charge in [-0.1, -0.05) is 22.9 Å². The third-order valence-electron chi connectivity index (χ3n) is 1.87. The van der Waals surface area contributed by atoms with Crippen LogP contribution in [-0.2, 0) is 12.6 Å². The average Bonchev–Trinajstić information content (AvgIpc) is 2.06. The summed E-state index contributed by atoms with van der Waals surface area (Å²) in [7, 11) is 0. The monoisotopic (exact) mass is 284 g/mol. The van der Waals surface area contributed by atoms with Crippen molar-refractivity contribution < 1.29 is 17.6 Å². The van der Waals surface area contributed by atoms with E-state index in [0.29, 0.717) is 0 Å². The van der Waals surface area contributed by atoms with Crippen LogP contribution in [0, 0.1) is 5.82 Å². The van der Waals surface area contributed by atoms with Crippen LogP contribution >= 0.6 is 15.9 Å². The van der Waals surface area contributed by atoms with Gasteiger partial charge in [-0.2, -0.15) is 13.2 Å². The van der Waals surface area contributed by atoms with Gasteiger partial charge in [0.1, 0.15) is 5.82 Å². The molecule has 0 amide bonds. The topological polar surface area (TPSA) is 0 Å². The Bertz CT molecular complexity index is 344. The van der Waals surface area contributed by atoms with Crippen molar-refractivity contribution in [3.63, 3.8) is 0 Å². The van der Waals surface area contributed by atoms with Gasteiger partial charge in [0.05, 0.1) is 5.56 Å². The minimum atomic E-state index is -4.42. The van der Waals surface area contributed by atoms with Crippen LogP contribution in [0.3, 0.4) is 0 Å². The number of benzene rings is 1. The van der Waals surface area contributed by atoms with E-state index in [1.54, 1.807) is 6.92 Å². The first kappa shape index (κ1) is 12.5. The lowest BCUT2D eigenvalue weighted by Crippen LogP contribution is -2.08. The Kier molecular flexibility index (Phi) is 3.76. The fourth-order valence-corrected chi connectivity index (χ4v) is 1.56. The zero-order valence-corrected chi connectivity index (χ0v) is 9.49. The van der Waals surface area contributed by atoms with E-state index in [9.17, 15) is 17.6 Å². The lowest BCUT2D eigenvalue weighted by molar-refractivity contribution is -0.137. The molecule has 5 heteroatoms. The maximum Gasteiger partial charge on any atom is 0.416 e. The van der Waals surface area contributed by atoms with Gasteiger partial charge < -0.3 is 0 Å². The number of halogens is 5. The fraction of sp³-hybridized carbons (Fsp3) is 0.400. The van der Waals surface area contributed by atoms with Crippen molar-refractivity contribution in [2.75, 3.05) is 0 Å². The number of hydrogen-bond donors (Lipinski definition) is 0. The normalized spacial score (nSPS) is 14.0. The largest absolute Gasteiger partial charge is 0.416 e. The van der Waals surface area contributed by atoms with Gasteiger partial charge in [-0.25, -0.2) is 4.39 Å². The van der Waals surface area contributed by atoms with E-state index < -0.39 is 17.6 Å². The van der Waals surface area contributed by atoms with Crippen molar-refractivity contribution >= 4 is 15.9 Å². The highest BCUT2D eigenvalue weighted by atomic mass is 79.9. The van der Waals surface area contributed by atoms with E-state index in [0.717, 1.165) is 18.2 Å². The maximum absolute atomic E-state index is 13.1. The molecule has 84 valence electrons. The third kappa shape index (κ3) is 3.48. The van der Waals surface area contributed by atoms with Gasteiger partial charge in [-0.15, -0.1) is 0 Å². The molecule has 0 heterocycles. The second-order valence-corrected chi connectivity index (χ2v) is 4.85. The van der Waals surface area contributed by atoms with Crippen LogP contribution in [0.2, 0.25) is 0 Å². The Labute approximate surface area is 93.4 Å². The summed E-state index contributed by atoms with van der Waals surface area (Å²) < 4.78 is 50.0. The molecule has 0 aliphatic carbocycles. The maximum atomic E-state index is 13.1. The molecule has 1 atom stereocenters. The molecular weight excluding hydrogens is 276 g/mol. The average molecular weight is 285 g/mol. The second-order valence-electron chi connectivity index (χ2n) is 3.29. The molecule has 0 N–H and O–H groups in total. The zero-order valence-electron chi connectivity index (χ0n) is 7.91. The van der Waals surface area contributed by atoms with E-state index in [4.69, 9.17) is 0 Å². The summed E-state index contributed by atoms with van der Waals surface area (Å²) in [5.74, 6) is -0.602. The summed E-state index contributed by atoms with van der Waals surface area (Å²) in [6.07, 6.45) is -4.19. The van der Waals surface area contributed by atoms with Crippen LogP contribution in [0.1, 0.15) is 18.1 Å². The predicted octanol–water partition coefficient (Wildman–Crippen LogP) is 4.17. The summed E-state index contributed by atoms with van der Waals surface area (Å²) in [4.78, 5) is -0.0597. The van der Waals surface area contributed by atoms with Gasteiger partial charge >= 0.3 is 6.18 Å². The summed E-state index contributed by atoms with van der Waals surface area (Å²) >= 11 is 3.17. The summed E-state index contributed by atoms with van der Waals surface area (Å²) in [5.41, 5.74) is -0.735. The molecule has 0 radical (unpaired) electrons. The van der Waals surface area contributed by atoms with Crippen LogP contribution < -0.4 is 0 Å².